The van der Waals surface area contributed by atoms with Gasteiger partial charge in [-0.1, -0.05) is 54.6 Å². The van der Waals surface area contributed by atoms with Crippen LogP contribution in [0.15, 0.2) is 72.3 Å². The number of rotatable bonds is 4. The summed E-state index contributed by atoms with van der Waals surface area (Å²) < 4.78 is 14.8. The first-order chi connectivity index (χ1) is 11.9. The van der Waals surface area contributed by atoms with Gasteiger partial charge >= 0.3 is 0 Å². The maximum absolute atomic E-state index is 14.8. The number of primary amides is 2. The standard InChI is InChI=1S/C20H17FN2O2/c21-20(19(23)25)11-16(10-17(12-20)18(22)24)15-8-6-14(7-9-15)13-4-2-1-3-5-13/h1-11H,12H2,(H2,22,24)(H2,23,25). The number of nitrogens with two attached hydrogens (primary N) is 2. The SMILES string of the molecule is NC(=O)C1=CC(c2ccc(-c3ccccc3)cc2)=CC(F)(C(N)=O)C1. The van der Waals surface area contributed by atoms with E-state index in [0.29, 0.717) is 11.1 Å². The van der Waals surface area contributed by atoms with E-state index in [9.17, 15) is 14.0 Å². The maximum atomic E-state index is 14.8. The summed E-state index contributed by atoms with van der Waals surface area (Å²) in [6.45, 7) is 0. The first-order valence-electron chi connectivity index (χ1n) is 7.77. The van der Waals surface area contributed by atoms with Crippen molar-refractivity contribution in [1.29, 1.82) is 0 Å². The van der Waals surface area contributed by atoms with Crippen LogP contribution in [0.1, 0.15) is 12.0 Å². The van der Waals surface area contributed by atoms with Crippen molar-refractivity contribution in [3.8, 4) is 11.1 Å². The number of halogens is 1. The first-order valence-corrected chi connectivity index (χ1v) is 7.77. The van der Waals surface area contributed by atoms with Gasteiger partial charge in [0.2, 0.25) is 11.6 Å². The van der Waals surface area contributed by atoms with Gasteiger partial charge in [0.05, 0.1) is 0 Å². The van der Waals surface area contributed by atoms with Crippen molar-refractivity contribution >= 4 is 17.4 Å². The van der Waals surface area contributed by atoms with E-state index < -0.39 is 23.9 Å². The van der Waals surface area contributed by atoms with E-state index in [2.05, 4.69) is 0 Å². The average molecular weight is 336 g/mol. The third-order valence-electron chi connectivity index (χ3n) is 4.21. The summed E-state index contributed by atoms with van der Waals surface area (Å²) in [6.07, 6.45) is 2.21. The van der Waals surface area contributed by atoms with Crippen LogP contribution in [0.3, 0.4) is 0 Å². The van der Waals surface area contributed by atoms with Crippen LogP contribution >= 0.6 is 0 Å². The van der Waals surface area contributed by atoms with Gasteiger partial charge < -0.3 is 11.5 Å². The highest BCUT2D eigenvalue weighted by molar-refractivity contribution is 6.00. The summed E-state index contributed by atoms with van der Waals surface area (Å²) >= 11 is 0. The van der Waals surface area contributed by atoms with Crippen molar-refractivity contribution in [2.45, 2.75) is 12.1 Å². The predicted octanol–water partition coefficient (Wildman–Crippen LogP) is 2.75. The lowest BCUT2D eigenvalue weighted by Crippen LogP contribution is -2.41. The Kier molecular flexibility index (Phi) is 4.23. The molecule has 126 valence electrons. The van der Waals surface area contributed by atoms with Crippen LogP contribution in [0, 0.1) is 0 Å². The van der Waals surface area contributed by atoms with Crippen LogP contribution < -0.4 is 11.5 Å². The highest BCUT2D eigenvalue weighted by Crippen LogP contribution is 2.34. The van der Waals surface area contributed by atoms with Gasteiger partial charge in [0.15, 0.2) is 0 Å². The van der Waals surface area contributed by atoms with E-state index >= 15 is 0 Å². The van der Waals surface area contributed by atoms with E-state index in [-0.39, 0.29) is 5.57 Å². The average Bonchev–Trinajstić information content (AvgIpc) is 2.62. The number of alkyl halides is 1. The Morgan fingerprint density at radius 3 is 2.00 bits per heavy atom. The molecule has 1 unspecified atom stereocenters. The zero-order chi connectivity index (χ0) is 18.0. The molecule has 4 N–H and O–H groups in total. The Bertz CT molecular complexity index is 886. The molecule has 2 aromatic rings. The second kappa shape index (κ2) is 6.36. The second-order valence-corrected chi connectivity index (χ2v) is 5.98. The van der Waals surface area contributed by atoms with Gasteiger partial charge in [-0.2, -0.15) is 0 Å². The van der Waals surface area contributed by atoms with Crippen molar-refractivity contribution in [2.75, 3.05) is 0 Å². The smallest absolute Gasteiger partial charge is 0.259 e. The summed E-state index contributed by atoms with van der Waals surface area (Å²) in [5, 5.41) is 0. The molecule has 5 heteroatoms. The monoisotopic (exact) mass is 336 g/mol. The molecule has 0 radical (unpaired) electrons. The number of amides is 2. The summed E-state index contributed by atoms with van der Waals surface area (Å²) in [6, 6.07) is 17.2. The number of carbonyl (C=O) groups is 2. The fraction of sp³-hybridized carbons (Fsp3) is 0.100. The van der Waals surface area contributed by atoms with E-state index in [1.54, 1.807) is 12.1 Å². The molecule has 0 saturated heterocycles. The van der Waals surface area contributed by atoms with Crippen LogP contribution in [0.25, 0.3) is 16.7 Å². The fourth-order valence-corrected chi connectivity index (χ4v) is 2.82. The molecular weight excluding hydrogens is 319 g/mol. The molecule has 1 aliphatic carbocycles. The van der Waals surface area contributed by atoms with Gasteiger partial charge in [-0.05, 0) is 34.4 Å². The molecule has 0 fully saturated rings. The van der Waals surface area contributed by atoms with Crippen LogP contribution in [0.5, 0.6) is 0 Å². The highest BCUT2D eigenvalue weighted by Gasteiger charge is 2.39. The van der Waals surface area contributed by atoms with Gasteiger partial charge in [0.25, 0.3) is 5.91 Å². The third-order valence-corrected chi connectivity index (χ3v) is 4.21. The van der Waals surface area contributed by atoms with Crippen molar-refractivity contribution in [3.05, 3.63) is 77.9 Å². The lowest BCUT2D eigenvalue weighted by molar-refractivity contribution is -0.126. The van der Waals surface area contributed by atoms with Crippen molar-refractivity contribution in [2.24, 2.45) is 11.5 Å². The minimum Gasteiger partial charge on any atom is -0.367 e. The number of hydrogen-bond acceptors (Lipinski definition) is 2. The molecule has 0 saturated carbocycles. The molecule has 0 aromatic heterocycles. The summed E-state index contributed by atoms with van der Waals surface area (Å²) in [5.41, 5.74) is 11.2. The minimum atomic E-state index is -2.42. The van der Waals surface area contributed by atoms with Gasteiger partial charge in [0.1, 0.15) is 0 Å². The number of allylic oxidation sites excluding steroid dienone is 2. The topological polar surface area (TPSA) is 86.2 Å². The Labute approximate surface area is 144 Å². The molecule has 0 bridgehead atoms. The normalized spacial score (nSPS) is 19.7. The van der Waals surface area contributed by atoms with Gasteiger partial charge in [0, 0.05) is 12.0 Å². The van der Waals surface area contributed by atoms with Crippen molar-refractivity contribution in [1.82, 2.24) is 0 Å². The molecule has 2 aromatic carbocycles. The first kappa shape index (κ1) is 16.6. The molecule has 4 nitrogen and oxygen atoms in total. The predicted molar refractivity (Wildman–Crippen MR) is 94.8 cm³/mol. The summed E-state index contributed by atoms with van der Waals surface area (Å²) in [7, 11) is 0. The molecule has 0 heterocycles. The Hall–Kier alpha value is -3.21. The second-order valence-electron chi connectivity index (χ2n) is 5.98. The zero-order valence-corrected chi connectivity index (χ0v) is 13.4. The van der Waals surface area contributed by atoms with Crippen LogP contribution in [0.4, 0.5) is 4.39 Å². The van der Waals surface area contributed by atoms with E-state index in [4.69, 9.17) is 11.5 Å². The minimum absolute atomic E-state index is 0.0333. The van der Waals surface area contributed by atoms with Gasteiger partial charge in [-0.3, -0.25) is 9.59 Å². The quantitative estimate of drug-likeness (QED) is 0.899. The largest absolute Gasteiger partial charge is 0.367 e. The van der Waals surface area contributed by atoms with E-state index in [1.807, 2.05) is 42.5 Å². The van der Waals surface area contributed by atoms with Crippen LogP contribution in [0.2, 0.25) is 0 Å². The fourth-order valence-electron chi connectivity index (χ4n) is 2.82. The summed E-state index contributed by atoms with van der Waals surface area (Å²) in [4.78, 5) is 23.0. The third kappa shape index (κ3) is 3.35. The van der Waals surface area contributed by atoms with E-state index in [1.165, 1.54) is 6.08 Å². The van der Waals surface area contributed by atoms with Gasteiger partial charge in [-0.25, -0.2) is 4.39 Å². The Balaban J connectivity index is 2.00. The molecule has 0 spiro atoms. The molecule has 2 amide bonds. The number of hydrogen-bond donors (Lipinski definition) is 2. The van der Waals surface area contributed by atoms with Gasteiger partial charge in [-0.15, -0.1) is 0 Å². The summed E-state index contributed by atoms with van der Waals surface area (Å²) in [5.74, 6) is -1.91. The van der Waals surface area contributed by atoms with Crippen LogP contribution in [-0.4, -0.2) is 17.5 Å². The Morgan fingerprint density at radius 1 is 0.880 bits per heavy atom. The lowest BCUT2D eigenvalue weighted by atomic mass is 9.84. The zero-order valence-electron chi connectivity index (χ0n) is 13.4. The number of benzene rings is 2. The van der Waals surface area contributed by atoms with Crippen molar-refractivity contribution < 1.29 is 14.0 Å². The molecule has 3 rings (SSSR count). The van der Waals surface area contributed by atoms with Crippen molar-refractivity contribution in [3.63, 3.8) is 0 Å². The molecule has 25 heavy (non-hydrogen) atoms. The molecule has 1 aliphatic rings. The highest BCUT2D eigenvalue weighted by atomic mass is 19.1. The lowest BCUT2D eigenvalue weighted by Gasteiger charge is -2.24. The number of carbonyl (C=O) groups excluding carboxylic acids is 2. The molecule has 0 aliphatic heterocycles. The van der Waals surface area contributed by atoms with E-state index in [0.717, 1.165) is 17.2 Å². The molecular formula is C20H17FN2O2. The maximum Gasteiger partial charge on any atom is 0.259 e. The van der Waals surface area contributed by atoms with Crippen LogP contribution in [-0.2, 0) is 9.59 Å². The Morgan fingerprint density at radius 2 is 1.44 bits per heavy atom. The molecule has 1 atom stereocenters.